The lowest BCUT2D eigenvalue weighted by atomic mass is 9.97. The maximum atomic E-state index is 14.9. The summed E-state index contributed by atoms with van der Waals surface area (Å²) in [5.41, 5.74) is 6.82. The first kappa shape index (κ1) is 21.2. The highest BCUT2D eigenvalue weighted by atomic mass is 19.4. The number of aryl methyl sites for hydroxylation is 1. The minimum atomic E-state index is -4.40. The molecule has 1 fully saturated rings. The Hall–Kier alpha value is -3.69. The van der Waals surface area contributed by atoms with Gasteiger partial charge in [0.15, 0.2) is 0 Å². The number of nitrogen functional groups attached to an aromatic ring is 1. The summed E-state index contributed by atoms with van der Waals surface area (Å²) < 4.78 is 54.9. The number of aromatic nitrogens is 3. The zero-order chi connectivity index (χ0) is 23.5. The highest BCUT2D eigenvalue weighted by Crippen LogP contribution is 2.34. The van der Waals surface area contributed by atoms with Gasteiger partial charge in [0.1, 0.15) is 17.2 Å². The summed E-state index contributed by atoms with van der Waals surface area (Å²) in [6.45, 7) is 0.675. The zero-order valence-electron chi connectivity index (χ0n) is 17.5. The van der Waals surface area contributed by atoms with Gasteiger partial charge in [-0.05, 0) is 30.2 Å². The van der Waals surface area contributed by atoms with Gasteiger partial charge in [-0.25, -0.2) is 9.37 Å². The van der Waals surface area contributed by atoms with E-state index in [0.29, 0.717) is 46.9 Å². The van der Waals surface area contributed by atoms with Gasteiger partial charge in [-0.1, -0.05) is 12.1 Å². The number of benzene rings is 2. The van der Waals surface area contributed by atoms with Crippen molar-refractivity contribution in [1.82, 2.24) is 19.7 Å². The third-order valence-corrected chi connectivity index (χ3v) is 6.21. The fraction of sp³-hybridized carbons (Fsp3) is 0.261. The highest BCUT2D eigenvalue weighted by molar-refractivity contribution is 6.10. The lowest BCUT2D eigenvalue weighted by molar-refractivity contribution is -0.137. The molecule has 0 bridgehead atoms. The summed E-state index contributed by atoms with van der Waals surface area (Å²) in [6, 6.07) is 7.62. The number of pyridine rings is 1. The van der Waals surface area contributed by atoms with Crippen molar-refractivity contribution in [2.45, 2.75) is 18.5 Å². The molecule has 0 unspecified atom stereocenters. The van der Waals surface area contributed by atoms with Gasteiger partial charge in [-0.3, -0.25) is 9.48 Å². The maximum Gasteiger partial charge on any atom is 0.416 e. The largest absolute Gasteiger partial charge is 0.416 e. The lowest BCUT2D eigenvalue weighted by Gasteiger charge is -2.18. The smallest absolute Gasteiger partial charge is 0.382 e. The van der Waals surface area contributed by atoms with Crippen molar-refractivity contribution < 1.29 is 22.4 Å². The first-order chi connectivity index (χ1) is 15.6. The van der Waals surface area contributed by atoms with E-state index < -0.39 is 23.5 Å². The van der Waals surface area contributed by atoms with E-state index in [0.717, 1.165) is 12.1 Å². The number of carbonyl (C=O) groups excluding carboxylic acids is 1. The Balaban J connectivity index is 1.44. The molecule has 0 saturated carbocycles. The van der Waals surface area contributed by atoms with Gasteiger partial charge < -0.3 is 10.6 Å². The van der Waals surface area contributed by atoms with Crippen LogP contribution in [0.4, 0.5) is 23.4 Å². The third-order valence-electron chi connectivity index (χ3n) is 6.21. The molecule has 0 spiro atoms. The molecule has 5 rings (SSSR count). The van der Waals surface area contributed by atoms with Crippen molar-refractivity contribution in [1.29, 1.82) is 0 Å². The number of fused-ring (bicyclic) bond motifs is 3. The minimum Gasteiger partial charge on any atom is -0.382 e. The van der Waals surface area contributed by atoms with E-state index in [2.05, 4.69) is 10.1 Å². The molecule has 33 heavy (non-hydrogen) atoms. The SMILES string of the molecule is Cn1ncc2c3cc(C(=O)N4CC[C@H](c5ccc(C(F)(F)F)cc5)C4)c(F)cc3nc(N)c21. The number of alkyl halides is 3. The molecule has 10 heteroatoms. The molecule has 2 aromatic heterocycles. The molecule has 3 heterocycles. The number of anilines is 1. The standard InChI is InChI=1S/C23H19F4N5O/c1-31-20-17(10-29-31)15-8-16(18(24)9-19(15)30-21(20)28)22(33)32-7-6-13(11-32)12-2-4-14(5-3-12)23(25,26)27/h2-5,8-10,13H,6-7,11H2,1H3,(H2,28,30)/t13-/m0/s1. The summed E-state index contributed by atoms with van der Waals surface area (Å²) in [4.78, 5) is 18.9. The molecule has 1 amide bonds. The van der Waals surface area contributed by atoms with Crippen molar-refractivity contribution in [2.24, 2.45) is 7.05 Å². The normalized spacial score (nSPS) is 16.8. The van der Waals surface area contributed by atoms with Crippen LogP contribution in [0.5, 0.6) is 0 Å². The summed E-state index contributed by atoms with van der Waals surface area (Å²) >= 11 is 0. The molecule has 170 valence electrons. The van der Waals surface area contributed by atoms with Gasteiger partial charge in [0.25, 0.3) is 5.91 Å². The Morgan fingerprint density at radius 2 is 1.88 bits per heavy atom. The van der Waals surface area contributed by atoms with Crippen molar-refractivity contribution >= 4 is 33.5 Å². The van der Waals surface area contributed by atoms with Gasteiger partial charge in [0.05, 0.1) is 22.8 Å². The minimum absolute atomic E-state index is 0.0905. The average molecular weight is 457 g/mol. The zero-order valence-corrected chi connectivity index (χ0v) is 17.5. The first-order valence-corrected chi connectivity index (χ1v) is 10.3. The molecule has 1 atom stereocenters. The van der Waals surface area contributed by atoms with Crippen molar-refractivity contribution in [3.8, 4) is 0 Å². The van der Waals surface area contributed by atoms with Crippen LogP contribution in [-0.4, -0.2) is 38.7 Å². The molecule has 2 N–H and O–H groups in total. The Bertz CT molecular complexity index is 1390. The number of halogens is 4. The summed E-state index contributed by atoms with van der Waals surface area (Å²) in [7, 11) is 1.72. The van der Waals surface area contributed by atoms with Crippen LogP contribution in [0.3, 0.4) is 0 Å². The lowest BCUT2D eigenvalue weighted by Crippen LogP contribution is -2.29. The van der Waals surface area contributed by atoms with E-state index in [1.54, 1.807) is 17.9 Å². The maximum absolute atomic E-state index is 14.9. The topological polar surface area (TPSA) is 77.0 Å². The van der Waals surface area contributed by atoms with Gasteiger partial charge in [-0.2, -0.15) is 18.3 Å². The molecular weight excluding hydrogens is 438 g/mol. The molecule has 0 radical (unpaired) electrons. The van der Waals surface area contributed by atoms with E-state index in [1.807, 2.05) is 0 Å². The van der Waals surface area contributed by atoms with Crippen LogP contribution < -0.4 is 5.73 Å². The number of nitrogens with two attached hydrogens (primary N) is 1. The Kier molecular flexibility index (Phi) is 4.77. The Morgan fingerprint density at radius 1 is 1.15 bits per heavy atom. The second-order valence-electron chi connectivity index (χ2n) is 8.23. The van der Waals surface area contributed by atoms with Crippen LogP contribution in [0.25, 0.3) is 21.8 Å². The van der Waals surface area contributed by atoms with Gasteiger partial charge >= 0.3 is 6.18 Å². The van der Waals surface area contributed by atoms with Crippen LogP contribution in [0.1, 0.15) is 33.8 Å². The molecule has 1 aliphatic rings. The number of amides is 1. The first-order valence-electron chi connectivity index (χ1n) is 10.3. The number of likely N-dealkylation sites (tertiary alicyclic amines) is 1. The third kappa shape index (κ3) is 3.55. The van der Waals surface area contributed by atoms with Gasteiger partial charge in [-0.15, -0.1) is 0 Å². The quantitative estimate of drug-likeness (QED) is 0.450. The van der Waals surface area contributed by atoms with Crippen LogP contribution in [0.2, 0.25) is 0 Å². The molecule has 0 aliphatic carbocycles. The van der Waals surface area contributed by atoms with Crippen molar-refractivity contribution in [3.63, 3.8) is 0 Å². The summed E-state index contributed by atoms with van der Waals surface area (Å²) in [5, 5.41) is 5.41. The number of hydrogen-bond donors (Lipinski definition) is 1. The van der Waals surface area contributed by atoms with Crippen LogP contribution in [-0.2, 0) is 13.2 Å². The fourth-order valence-electron chi connectivity index (χ4n) is 4.49. The predicted octanol–water partition coefficient (Wildman–Crippen LogP) is 4.49. The van der Waals surface area contributed by atoms with Crippen LogP contribution >= 0.6 is 0 Å². The van der Waals surface area contributed by atoms with E-state index in [1.165, 1.54) is 29.2 Å². The monoisotopic (exact) mass is 457 g/mol. The van der Waals surface area contributed by atoms with Gasteiger partial charge in [0.2, 0.25) is 0 Å². The summed E-state index contributed by atoms with van der Waals surface area (Å²) in [6.07, 6.45) is -2.22. The Labute approximate surface area is 185 Å². The molecular formula is C23H19F4N5O. The summed E-state index contributed by atoms with van der Waals surface area (Å²) in [5.74, 6) is -1.08. The molecule has 1 saturated heterocycles. The van der Waals surface area contributed by atoms with Gasteiger partial charge in [0, 0.05) is 42.9 Å². The molecule has 1 aliphatic heterocycles. The van der Waals surface area contributed by atoms with Crippen LogP contribution in [0, 0.1) is 5.82 Å². The number of nitrogens with zero attached hydrogens (tertiary/aromatic N) is 4. The van der Waals surface area contributed by atoms with E-state index in [4.69, 9.17) is 5.73 Å². The number of carbonyl (C=O) groups is 1. The van der Waals surface area contributed by atoms with E-state index in [9.17, 15) is 22.4 Å². The fourth-order valence-corrected chi connectivity index (χ4v) is 4.49. The molecule has 6 nitrogen and oxygen atoms in total. The van der Waals surface area contributed by atoms with E-state index in [-0.39, 0.29) is 17.3 Å². The average Bonchev–Trinajstić information content (AvgIpc) is 3.40. The molecule has 2 aromatic carbocycles. The Morgan fingerprint density at radius 3 is 2.58 bits per heavy atom. The van der Waals surface area contributed by atoms with Crippen LogP contribution in [0.15, 0.2) is 42.6 Å². The predicted molar refractivity (Wildman–Crippen MR) is 115 cm³/mol. The van der Waals surface area contributed by atoms with Crippen molar-refractivity contribution in [3.05, 3.63) is 65.1 Å². The highest BCUT2D eigenvalue weighted by Gasteiger charge is 2.32. The van der Waals surface area contributed by atoms with E-state index >= 15 is 0 Å². The second-order valence-corrected chi connectivity index (χ2v) is 8.23. The number of hydrogen-bond acceptors (Lipinski definition) is 4. The molecule has 4 aromatic rings. The number of rotatable bonds is 2. The second kappa shape index (κ2) is 7.43. The van der Waals surface area contributed by atoms with Crippen molar-refractivity contribution in [2.75, 3.05) is 18.8 Å².